The third-order valence-electron chi connectivity index (χ3n) is 4.77. The van der Waals surface area contributed by atoms with Gasteiger partial charge in [0.15, 0.2) is 0 Å². The van der Waals surface area contributed by atoms with Crippen LogP contribution in [0.4, 0.5) is 0 Å². The van der Waals surface area contributed by atoms with Crippen LogP contribution in [0.25, 0.3) is 0 Å². The first-order chi connectivity index (χ1) is 9.92. The van der Waals surface area contributed by atoms with Crippen molar-refractivity contribution in [2.24, 2.45) is 11.8 Å². The van der Waals surface area contributed by atoms with E-state index in [2.05, 4.69) is 37.9 Å². The second kappa shape index (κ2) is 7.10. The van der Waals surface area contributed by atoms with Crippen LogP contribution in [0, 0.1) is 11.8 Å². The summed E-state index contributed by atoms with van der Waals surface area (Å²) in [6, 6.07) is 0.367. The van der Waals surface area contributed by atoms with Crippen molar-refractivity contribution in [3.05, 3.63) is 0 Å². The quantitative estimate of drug-likeness (QED) is 0.819. The first-order valence-corrected chi connectivity index (χ1v) is 8.53. The Labute approximate surface area is 129 Å². The summed E-state index contributed by atoms with van der Waals surface area (Å²) in [5, 5.41) is 3.60. The number of nitrogens with zero attached hydrogens (tertiary/aromatic N) is 1. The number of methoxy groups -OCH3 is 1. The lowest BCUT2D eigenvalue weighted by Gasteiger charge is -2.31. The van der Waals surface area contributed by atoms with Gasteiger partial charge in [0, 0.05) is 13.2 Å². The first kappa shape index (κ1) is 16.8. The van der Waals surface area contributed by atoms with Crippen molar-refractivity contribution in [3.63, 3.8) is 0 Å². The molecule has 122 valence electrons. The summed E-state index contributed by atoms with van der Waals surface area (Å²) in [5.41, 5.74) is 0. The van der Waals surface area contributed by atoms with Gasteiger partial charge in [-0.3, -0.25) is 10.1 Å². The van der Waals surface area contributed by atoms with Gasteiger partial charge in [0.1, 0.15) is 0 Å². The average molecular weight is 296 g/mol. The fourth-order valence-corrected chi connectivity index (χ4v) is 3.80. The normalized spacial score (nSPS) is 33.7. The van der Waals surface area contributed by atoms with E-state index in [1.54, 1.807) is 7.11 Å². The molecule has 4 nitrogen and oxygen atoms in total. The van der Waals surface area contributed by atoms with Crippen LogP contribution in [0.2, 0.25) is 0 Å². The van der Waals surface area contributed by atoms with E-state index in [0.29, 0.717) is 29.9 Å². The lowest BCUT2D eigenvalue weighted by atomic mass is 10.0. The fourth-order valence-electron chi connectivity index (χ4n) is 3.80. The second-order valence-electron chi connectivity index (χ2n) is 7.56. The molecular weight excluding hydrogens is 264 g/mol. The van der Waals surface area contributed by atoms with Crippen molar-refractivity contribution in [1.29, 1.82) is 0 Å². The van der Waals surface area contributed by atoms with E-state index in [1.807, 2.05) is 0 Å². The van der Waals surface area contributed by atoms with Crippen molar-refractivity contribution >= 4 is 5.91 Å². The predicted molar refractivity (Wildman–Crippen MR) is 84.9 cm³/mol. The number of carbonyl (C=O) groups excluding carboxylic acids is 1. The highest BCUT2D eigenvalue weighted by Crippen LogP contribution is 2.32. The van der Waals surface area contributed by atoms with Gasteiger partial charge in [-0.15, -0.1) is 0 Å². The Morgan fingerprint density at radius 3 is 2.38 bits per heavy atom. The van der Waals surface area contributed by atoms with Crippen molar-refractivity contribution in [1.82, 2.24) is 10.2 Å². The van der Waals surface area contributed by atoms with Gasteiger partial charge >= 0.3 is 0 Å². The van der Waals surface area contributed by atoms with Gasteiger partial charge in [-0.2, -0.15) is 0 Å². The maximum atomic E-state index is 12.8. The molecule has 21 heavy (non-hydrogen) atoms. The minimum Gasteiger partial charge on any atom is -0.381 e. The smallest absolute Gasteiger partial charge is 0.241 e. The van der Waals surface area contributed by atoms with Crippen molar-refractivity contribution in [3.8, 4) is 0 Å². The third-order valence-corrected chi connectivity index (χ3v) is 4.77. The van der Waals surface area contributed by atoms with Gasteiger partial charge in [-0.1, -0.05) is 27.7 Å². The van der Waals surface area contributed by atoms with Crippen LogP contribution in [0.5, 0.6) is 0 Å². The Morgan fingerprint density at radius 1 is 1.19 bits per heavy atom. The molecule has 0 spiro atoms. The molecule has 0 radical (unpaired) electrons. The SMILES string of the molecule is COC1CCC(N2C(=O)C(CC(C)C)NC2CC(C)C)C1. The minimum absolute atomic E-state index is 0.00958. The van der Waals surface area contributed by atoms with Crippen LogP contribution in [-0.2, 0) is 9.53 Å². The van der Waals surface area contributed by atoms with Crippen molar-refractivity contribution in [2.45, 2.75) is 84.2 Å². The van der Waals surface area contributed by atoms with E-state index < -0.39 is 0 Å². The number of ether oxygens (including phenoxy) is 1. The Bertz CT molecular complexity index is 357. The molecule has 0 bridgehead atoms. The highest BCUT2D eigenvalue weighted by Gasteiger charge is 2.44. The molecule has 1 aliphatic carbocycles. The van der Waals surface area contributed by atoms with Gasteiger partial charge in [0.25, 0.3) is 0 Å². The summed E-state index contributed by atoms with van der Waals surface area (Å²) >= 11 is 0. The zero-order valence-electron chi connectivity index (χ0n) is 14.3. The fraction of sp³-hybridized carbons (Fsp3) is 0.941. The lowest BCUT2D eigenvalue weighted by Crippen LogP contribution is -2.44. The zero-order valence-corrected chi connectivity index (χ0v) is 14.3. The molecule has 4 heteroatoms. The average Bonchev–Trinajstić information content (AvgIpc) is 2.94. The van der Waals surface area contributed by atoms with Gasteiger partial charge < -0.3 is 9.64 Å². The molecule has 1 amide bonds. The van der Waals surface area contributed by atoms with Crippen LogP contribution in [-0.4, -0.2) is 42.3 Å². The molecule has 1 saturated carbocycles. The largest absolute Gasteiger partial charge is 0.381 e. The standard InChI is InChI=1S/C17H32N2O2/c1-11(2)8-15-17(20)19(16(18-15)9-12(3)4)13-6-7-14(10-13)21-5/h11-16,18H,6-10H2,1-5H3. The van der Waals surface area contributed by atoms with E-state index in [9.17, 15) is 4.79 Å². The van der Waals surface area contributed by atoms with E-state index in [0.717, 1.165) is 32.1 Å². The van der Waals surface area contributed by atoms with Gasteiger partial charge in [0.05, 0.1) is 18.3 Å². The summed E-state index contributed by atoms with van der Waals surface area (Å²) in [5.74, 6) is 1.45. The zero-order chi connectivity index (χ0) is 15.6. The Hall–Kier alpha value is -0.610. The highest BCUT2D eigenvalue weighted by molar-refractivity contribution is 5.84. The van der Waals surface area contributed by atoms with Gasteiger partial charge in [0.2, 0.25) is 5.91 Å². The molecule has 1 N–H and O–H groups in total. The monoisotopic (exact) mass is 296 g/mol. The Morgan fingerprint density at radius 2 is 1.86 bits per heavy atom. The summed E-state index contributed by atoms with van der Waals surface area (Å²) < 4.78 is 5.49. The van der Waals surface area contributed by atoms with Crippen LogP contribution in [0.15, 0.2) is 0 Å². The summed E-state index contributed by atoms with van der Waals surface area (Å²) in [6.45, 7) is 8.83. The molecule has 2 aliphatic rings. The van der Waals surface area contributed by atoms with Crippen LogP contribution < -0.4 is 5.32 Å². The lowest BCUT2D eigenvalue weighted by molar-refractivity contribution is -0.132. The summed E-state index contributed by atoms with van der Waals surface area (Å²) in [4.78, 5) is 15.0. The minimum atomic E-state index is 0.00958. The number of carbonyl (C=O) groups is 1. The molecular formula is C17H32N2O2. The third kappa shape index (κ3) is 3.98. The number of rotatable bonds is 6. The molecule has 0 aromatic carbocycles. The van der Waals surface area contributed by atoms with Crippen molar-refractivity contribution < 1.29 is 9.53 Å². The predicted octanol–water partition coefficient (Wildman–Crippen LogP) is 2.77. The Kier molecular flexibility index (Phi) is 5.67. The molecule has 1 saturated heterocycles. The van der Waals surface area contributed by atoms with Crippen LogP contribution in [0.1, 0.15) is 59.8 Å². The Balaban J connectivity index is 2.08. The molecule has 0 aromatic rings. The van der Waals surface area contributed by atoms with E-state index >= 15 is 0 Å². The number of nitrogens with one attached hydrogen (secondary N) is 1. The summed E-state index contributed by atoms with van der Waals surface area (Å²) in [6.07, 6.45) is 5.66. The van der Waals surface area contributed by atoms with E-state index in [1.165, 1.54) is 0 Å². The van der Waals surface area contributed by atoms with Crippen LogP contribution >= 0.6 is 0 Å². The van der Waals surface area contributed by atoms with Crippen molar-refractivity contribution in [2.75, 3.05) is 7.11 Å². The summed E-state index contributed by atoms with van der Waals surface area (Å²) in [7, 11) is 1.78. The van der Waals surface area contributed by atoms with E-state index in [-0.39, 0.29) is 12.2 Å². The highest BCUT2D eigenvalue weighted by atomic mass is 16.5. The first-order valence-electron chi connectivity index (χ1n) is 8.53. The number of amides is 1. The maximum absolute atomic E-state index is 12.8. The number of hydrogen-bond acceptors (Lipinski definition) is 3. The molecule has 2 fully saturated rings. The van der Waals surface area contributed by atoms with Crippen LogP contribution in [0.3, 0.4) is 0 Å². The second-order valence-corrected chi connectivity index (χ2v) is 7.56. The molecule has 1 aliphatic heterocycles. The van der Waals surface area contributed by atoms with Gasteiger partial charge in [-0.05, 0) is 43.9 Å². The molecule has 1 heterocycles. The topological polar surface area (TPSA) is 41.6 Å². The van der Waals surface area contributed by atoms with Gasteiger partial charge in [-0.25, -0.2) is 0 Å². The number of hydrogen-bond donors (Lipinski definition) is 1. The van der Waals surface area contributed by atoms with E-state index in [4.69, 9.17) is 4.74 Å². The molecule has 2 rings (SSSR count). The molecule has 4 atom stereocenters. The molecule has 0 aromatic heterocycles. The molecule has 4 unspecified atom stereocenters. The maximum Gasteiger partial charge on any atom is 0.241 e.